The van der Waals surface area contributed by atoms with Gasteiger partial charge in [0.1, 0.15) is 11.9 Å². The van der Waals surface area contributed by atoms with Crippen LogP contribution in [-0.2, 0) is 0 Å². The van der Waals surface area contributed by atoms with Crippen molar-refractivity contribution in [1.29, 1.82) is 0 Å². The van der Waals surface area contributed by atoms with Gasteiger partial charge in [0, 0.05) is 17.5 Å². The topological polar surface area (TPSA) is 103 Å². The van der Waals surface area contributed by atoms with Crippen molar-refractivity contribution in [1.82, 2.24) is 9.97 Å². The normalized spacial score (nSPS) is 26.1. The van der Waals surface area contributed by atoms with Gasteiger partial charge >= 0.3 is 0 Å². The van der Waals surface area contributed by atoms with Gasteiger partial charge in [-0.1, -0.05) is 18.2 Å². The minimum Gasteiger partial charge on any atom is -0.330 e. The highest BCUT2D eigenvalue weighted by Gasteiger charge is 2.46. The van der Waals surface area contributed by atoms with E-state index in [4.69, 9.17) is 21.6 Å². The minimum atomic E-state index is 0.0427. The summed E-state index contributed by atoms with van der Waals surface area (Å²) in [5.41, 5.74) is 11.5. The zero-order valence-electron chi connectivity index (χ0n) is 19.0. The van der Waals surface area contributed by atoms with Gasteiger partial charge in [0.25, 0.3) is 5.84 Å². The molecule has 1 fully saturated rings. The number of hydrogen-bond donors (Lipinski definition) is 2. The number of aliphatic imine (C=N–C) groups is 2. The third kappa shape index (κ3) is 3.49. The van der Waals surface area contributed by atoms with Gasteiger partial charge < -0.3 is 5.73 Å². The molecule has 0 saturated heterocycles. The van der Waals surface area contributed by atoms with E-state index in [2.05, 4.69) is 34.2 Å². The van der Waals surface area contributed by atoms with Crippen LogP contribution in [0.2, 0.25) is 0 Å². The van der Waals surface area contributed by atoms with Crippen molar-refractivity contribution < 1.29 is 4.59 Å². The summed E-state index contributed by atoms with van der Waals surface area (Å²) in [6.45, 7) is 0.763. The van der Waals surface area contributed by atoms with Crippen LogP contribution >= 0.6 is 0 Å². The van der Waals surface area contributed by atoms with Gasteiger partial charge in [-0.3, -0.25) is 9.98 Å². The van der Waals surface area contributed by atoms with Crippen molar-refractivity contribution in [3.63, 3.8) is 0 Å². The Kier molecular flexibility index (Phi) is 5.17. The van der Waals surface area contributed by atoms with E-state index in [-0.39, 0.29) is 4.59 Å². The van der Waals surface area contributed by atoms with Crippen LogP contribution in [0.4, 0.5) is 0 Å². The van der Waals surface area contributed by atoms with Crippen molar-refractivity contribution in [2.45, 2.75) is 25.7 Å². The van der Waals surface area contributed by atoms with E-state index in [9.17, 15) is 0 Å². The van der Waals surface area contributed by atoms with Crippen LogP contribution < -0.4 is 11.6 Å². The quantitative estimate of drug-likeness (QED) is 0.457. The van der Waals surface area contributed by atoms with Gasteiger partial charge in [-0.2, -0.15) is 10.8 Å². The molecule has 4 heterocycles. The molecule has 1 aliphatic carbocycles. The monoisotopic (exact) mass is 450 g/mol. The number of rotatable bonds is 4. The molecule has 1 saturated carbocycles. The fourth-order valence-electron chi connectivity index (χ4n) is 5.29. The molecular weight excluding hydrogens is 422 g/mol. The minimum absolute atomic E-state index is 0.0427. The number of benzene rings is 1. The molecule has 3 aromatic rings. The van der Waals surface area contributed by atoms with E-state index in [0.29, 0.717) is 11.8 Å². The lowest BCUT2D eigenvalue weighted by atomic mass is 9.80. The van der Waals surface area contributed by atoms with Gasteiger partial charge in [-0.25, -0.2) is 4.98 Å². The molecule has 0 radical (unpaired) electrons. The molecule has 0 spiro atoms. The lowest BCUT2D eigenvalue weighted by molar-refractivity contribution is -0.750. The largest absolute Gasteiger partial charge is 0.330 e. The second kappa shape index (κ2) is 8.36. The molecule has 1 unspecified atom stereocenters. The lowest BCUT2D eigenvalue weighted by Gasteiger charge is -2.29. The van der Waals surface area contributed by atoms with Crippen molar-refractivity contribution in [2.75, 3.05) is 6.54 Å². The SMILES string of the molecule is NCC1CCC(C2=C3C=NC=C[N+]3(N)C(c3ccc4ccc(-c5ccccn5)nc4c3)=N2)CC1. The molecule has 0 amide bonds. The van der Waals surface area contributed by atoms with Crippen LogP contribution in [0.25, 0.3) is 22.3 Å². The maximum atomic E-state index is 6.98. The van der Waals surface area contributed by atoms with E-state index >= 15 is 0 Å². The fraction of sp³-hybridized carbons (Fsp3) is 0.259. The molecule has 7 nitrogen and oxygen atoms in total. The Morgan fingerprint density at radius 2 is 1.82 bits per heavy atom. The summed E-state index contributed by atoms with van der Waals surface area (Å²) < 4.78 is 0.0427. The highest BCUT2D eigenvalue weighted by Crippen LogP contribution is 2.41. The van der Waals surface area contributed by atoms with E-state index in [1.807, 2.05) is 36.7 Å². The Morgan fingerprint density at radius 3 is 2.62 bits per heavy atom. The van der Waals surface area contributed by atoms with Crippen LogP contribution in [0, 0.1) is 11.8 Å². The smallest absolute Gasteiger partial charge is 0.264 e. The van der Waals surface area contributed by atoms with E-state index in [0.717, 1.165) is 77.3 Å². The Labute approximate surface area is 198 Å². The predicted molar refractivity (Wildman–Crippen MR) is 135 cm³/mol. The Bertz CT molecular complexity index is 1360. The first kappa shape index (κ1) is 21.0. The third-order valence-corrected chi connectivity index (χ3v) is 7.27. The van der Waals surface area contributed by atoms with Crippen LogP contribution in [0.5, 0.6) is 0 Å². The molecule has 1 atom stereocenters. The number of nitrogens with two attached hydrogens (primary N) is 2. The number of nitrogens with zero attached hydrogens (tertiary/aromatic N) is 5. The highest BCUT2D eigenvalue weighted by atomic mass is 15.6. The predicted octanol–water partition coefficient (Wildman–Crippen LogP) is 4.28. The first-order chi connectivity index (χ1) is 16.7. The summed E-state index contributed by atoms with van der Waals surface area (Å²) in [5, 5.41) is 1.06. The average Bonchev–Trinajstić information content (AvgIpc) is 3.21. The Balaban J connectivity index is 1.40. The summed E-state index contributed by atoms with van der Waals surface area (Å²) in [6.07, 6.45) is 11.8. The second-order valence-electron chi connectivity index (χ2n) is 9.33. The van der Waals surface area contributed by atoms with Crippen LogP contribution in [0.3, 0.4) is 0 Å². The Morgan fingerprint density at radius 1 is 0.971 bits per heavy atom. The van der Waals surface area contributed by atoms with Crippen molar-refractivity contribution in [3.05, 3.63) is 84.1 Å². The number of fused-ring (bicyclic) bond motifs is 2. The molecule has 3 aliphatic rings. The van der Waals surface area contributed by atoms with Gasteiger partial charge in [0.2, 0.25) is 5.70 Å². The maximum absolute atomic E-state index is 6.98. The summed E-state index contributed by atoms with van der Waals surface area (Å²) in [7, 11) is 0. The average molecular weight is 451 g/mol. The van der Waals surface area contributed by atoms with Crippen LogP contribution in [0.1, 0.15) is 31.2 Å². The molecular formula is C27H28N7+. The summed E-state index contributed by atoms with van der Waals surface area (Å²) in [6, 6.07) is 16.2. The molecule has 1 aromatic carbocycles. The summed E-state index contributed by atoms with van der Waals surface area (Å²) in [5.74, 6) is 8.78. The Hall–Kier alpha value is -3.52. The van der Waals surface area contributed by atoms with Gasteiger partial charge in [-0.05, 0) is 68.5 Å². The zero-order chi connectivity index (χ0) is 23.1. The summed E-state index contributed by atoms with van der Waals surface area (Å²) >= 11 is 0. The molecule has 4 N–H and O–H groups in total. The van der Waals surface area contributed by atoms with Gasteiger partial charge in [0.15, 0.2) is 0 Å². The van der Waals surface area contributed by atoms with Crippen LogP contribution in [0.15, 0.2) is 88.5 Å². The first-order valence-electron chi connectivity index (χ1n) is 11.9. The summed E-state index contributed by atoms with van der Waals surface area (Å²) in [4.78, 5) is 18.9. The van der Waals surface area contributed by atoms with Crippen molar-refractivity contribution in [2.24, 2.45) is 33.4 Å². The lowest BCUT2D eigenvalue weighted by Crippen LogP contribution is -2.53. The fourth-order valence-corrected chi connectivity index (χ4v) is 5.29. The molecule has 7 heteroatoms. The van der Waals surface area contributed by atoms with Crippen molar-refractivity contribution in [3.8, 4) is 11.4 Å². The highest BCUT2D eigenvalue weighted by molar-refractivity contribution is 6.02. The number of allylic oxidation sites excluding steroid dienone is 2. The molecule has 2 aromatic heterocycles. The molecule has 6 rings (SSSR count). The van der Waals surface area contributed by atoms with E-state index < -0.39 is 0 Å². The number of amidine groups is 1. The van der Waals surface area contributed by atoms with Gasteiger partial charge in [0.05, 0.1) is 34.9 Å². The first-order valence-corrected chi connectivity index (χ1v) is 11.9. The number of aromatic nitrogens is 2. The van der Waals surface area contributed by atoms with Crippen LogP contribution in [-0.4, -0.2) is 33.2 Å². The van der Waals surface area contributed by atoms with E-state index in [1.54, 1.807) is 12.4 Å². The number of hydrogen-bond acceptors (Lipinski definition) is 6. The standard InChI is InChI=1S/C27H28N7/c28-16-18-4-6-20(7-5-18)26-25-17-30-13-14-34(25,29)27(33-26)21-9-8-19-10-11-23(32-24(19)15-21)22-3-1-2-12-31-22/h1-3,8-15,17-18,20H,4-7,16,28-29H2/q+1. The second-order valence-corrected chi connectivity index (χ2v) is 9.33. The van der Waals surface area contributed by atoms with E-state index in [1.165, 1.54) is 0 Å². The zero-order valence-corrected chi connectivity index (χ0v) is 19.0. The molecule has 34 heavy (non-hydrogen) atoms. The molecule has 170 valence electrons. The van der Waals surface area contributed by atoms with Gasteiger partial charge in [-0.15, -0.1) is 4.59 Å². The molecule has 2 aliphatic heterocycles. The number of pyridine rings is 2. The maximum Gasteiger partial charge on any atom is 0.264 e. The third-order valence-electron chi connectivity index (χ3n) is 7.27. The van der Waals surface area contributed by atoms with Crippen molar-refractivity contribution >= 4 is 23.0 Å². The number of quaternary nitrogens is 1. The molecule has 0 bridgehead atoms.